The van der Waals surface area contributed by atoms with Crippen molar-refractivity contribution in [3.8, 4) is 0 Å². The van der Waals surface area contributed by atoms with Crippen molar-refractivity contribution in [2.24, 2.45) is 0 Å². The summed E-state index contributed by atoms with van der Waals surface area (Å²) in [6.07, 6.45) is 26.0. The summed E-state index contributed by atoms with van der Waals surface area (Å²) in [4.78, 5) is 2.58. The standard InChI is InChI=1S/C21H41N/c1-3-4-5-6-7-8-9-10-11-12-13-14-15-18-21-19-16-17-20-22(21)2/h12-13,21H,3-11,14-20H2,1-2H3/b13-12-. The van der Waals surface area contributed by atoms with Crippen LogP contribution in [0.15, 0.2) is 12.2 Å². The molecule has 0 aromatic carbocycles. The number of likely N-dealkylation sites (tertiary alicyclic amines) is 1. The second-order valence-electron chi connectivity index (χ2n) is 7.30. The summed E-state index contributed by atoms with van der Waals surface area (Å²) in [7, 11) is 2.31. The molecule has 0 saturated carbocycles. The molecule has 1 fully saturated rings. The lowest BCUT2D eigenvalue weighted by molar-refractivity contribution is 0.174. The third-order valence-corrected chi connectivity index (χ3v) is 5.22. The molecular formula is C21H41N. The van der Waals surface area contributed by atoms with Crippen molar-refractivity contribution in [3.05, 3.63) is 12.2 Å². The summed E-state index contributed by atoms with van der Waals surface area (Å²) < 4.78 is 0. The minimum atomic E-state index is 0.870. The first-order valence-corrected chi connectivity index (χ1v) is 10.2. The average molecular weight is 308 g/mol. The molecule has 0 bridgehead atoms. The Morgan fingerprint density at radius 1 is 0.818 bits per heavy atom. The highest BCUT2D eigenvalue weighted by atomic mass is 15.1. The van der Waals surface area contributed by atoms with Crippen LogP contribution in [-0.4, -0.2) is 24.5 Å². The molecule has 0 N–H and O–H groups in total. The van der Waals surface area contributed by atoms with E-state index < -0.39 is 0 Å². The first kappa shape index (κ1) is 19.7. The van der Waals surface area contributed by atoms with Crippen molar-refractivity contribution in [1.82, 2.24) is 4.90 Å². The van der Waals surface area contributed by atoms with Crippen LogP contribution in [-0.2, 0) is 0 Å². The number of piperidine rings is 1. The molecule has 1 heterocycles. The molecule has 130 valence electrons. The van der Waals surface area contributed by atoms with Crippen molar-refractivity contribution in [1.29, 1.82) is 0 Å². The SMILES string of the molecule is CCCCCCCCCC/C=C\CCCC1CCCCN1C. The third-order valence-electron chi connectivity index (χ3n) is 5.22. The molecule has 1 rings (SSSR count). The van der Waals surface area contributed by atoms with E-state index in [1.54, 1.807) is 0 Å². The highest BCUT2D eigenvalue weighted by Gasteiger charge is 2.17. The molecular weight excluding hydrogens is 266 g/mol. The van der Waals surface area contributed by atoms with Crippen LogP contribution in [0.2, 0.25) is 0 Å². The van der Waals surface area contributed by atoms with E-state index in [1.807, 2.05) is 0 Å². The first-order chi connectivity index (χ1) is 10.8. The van der Waals surface area contributed by atoms with Gasteiger partial charge < -0.3 is 4.90 Å². The van der Waals surface area contributed by atoms with E-state index >= 15 is 0 Å². The maximum absolute atomic E-state index is 2.58. The Kier molecular flexibility index (Phi) is 12.8. The van der Waals surface area contributed by atoms with Gasteiger partial charge in [-0.25, -0.2) is 0 Å². The predicted octanol–water partition coefficient (Wildman–Crippen LogP) is 6.73. The van der Waals surface area contributed by atoms with Gasteiger partial charge in [-0.05, 0) is 58.5 Å². The zero-order valence-electron chi connectivity index (χ0n) is 15.5. The van der Waals surface area contributed by atoms with Gasteiger partial charge in [0.15, 0.2) is 0 Å². The van der Waals surface area contributed by atoms with E-state index in [0.717, 1.165) is 6.04 Å². The van der Waals surface area contributed by atoms with Crippen molar-refractivity contribution >= 4 is 0 Å². The molecule has 0 spiro atoms. The van der Waals surface area contributed by atoms with Crippen LogP contribution in [0.4, 0.5) is 0 Å². The van der Waals surface area contributed by atoms with Gasteiger partial charge >= 0.3 is 0 Å². The van der Waals surface area contributed by atoms with E-state index in [9.17, 15) is 0 Å². The Bertz CT molecular complexity index is 259. The van der Waals surface area contributed by atoms with Crippen LogP contribution in [0.1, 0.15) is 103 Å². The van der Waals surface area contributed by atoms with Crippen LogP contribution in [0, 0.1) is 0 Å². The molecule has 0 amide bonds. The Hall–Kier alpha value is -0.300. The summed E-state index contributed by atoms with van der Waals surface area (Å²) >= 11 is 0. The number of allylic oxidation sites excluding steroid dienone is 2. The zero-order chi connectivity index (χ0) is 15.9. The Morgan fingerprint density at radius 2 is 1.45 bits per heavy atom. The van der Waals surface area contributed by atoms with Gasteiger partial charge in [-0.3, -0.25) is 0 Å². The van der Waals surface area contributed by atoms with E-state index in [4.69, 9.17) is 0 Å². The van der Waals surface area contributed by atoms with Crippen molar-refractivity contribution in [2.75, 3.05) is 13.6 Å². The summed E-state index contributed by atoms with van der Waals surface area (Å²) in [6.45, 7) is 3.61. The quantitative estimate of drug-likeness (QED) is 0.269. The minimum absolute atomic E-state index is 0.870. The molecule has 1 aliphatic heterocycles. The van der Waals surface area contributed by atoms with Gasteiger partial charge in [0.05, 0.1) is 0 Å². The predicted molar refractivity (Wildman–Crippen MR) is 100 cm³/mol. The van der Waals surface area contributed by atoms with Gasteiger partial charge in [0.1, 0.15) is 0 Å². The lowest BCUT2D eigenvalue weighted by Crippen LogP contribution is -2.35. The van der Waals surface area contributed by atoms with Gasteiger partial charge in [0.25, 0.3) is 0 Å². The molecule has 1 heteroatoms. The van der Waals surface area contributed by atoms with Crippen LogP contribution >= 0.6 is 0 Å². The van der Waals surface area contributed by atoms with Crippen LogP contribution < -0.4 is 0 Å². The number of hydrogen-bond acceptors (Lipinski definition) is 1. The largest absolute Gasteiger partial charge is 0.303 e. The van der Waals surface area contributed by atoms with Gasteiger partial charge in [0.2, 0.25) is 0 Å². The minimum Gasteiger partial charge on any atom is -0.303 e. The molecule has 1 aliphatic rings. The molecule has 0 aliphatic carbocycles. The van der Waals surface area contributed by atoms with E-state index in [2.05, 4.69) is 31.0 Å². The second-order valence-corrected chi connectivity index (χ2v) is 7.30. The molecule has 1 atom stereocenters. The molecule has 0 aromatic rings. The Labute approximate surface area is 140 Å². The lowest BCUT2D eigenvalue weighted by atomic mass is 9.98. The second kappa shape index (κ2) is 14.3. The average Bonchev–Trinajstić information content (AvgIpc) is 2.53. The first-order valence-electron chi connectivity index (χ1n) is 10.2. The van der Waals surface area contributed by atoms with Crippen molar-refractivity contribution in [2.45, 2.75) is 109 Å². The van der Waals surface area contributed by atoms with E-state index in [1.165, 1.54) is 103 Å². The summed E-state index contributed by atoms with van der Waals surface area (Å²) in [5, 5.41) is 0. The highest BCUT2D eigenvalue weighted by molar-refractivity contribution is 4.82. The molecule has 1 unspecified atom stereocenters. The third kappa shape index (κ3) is 10.4. The van der Waals surface area contributed by atoms with E-state index in [0.29, 0.717) is 0 Å². The normalized spacial score (nSPS) is 20.0. The smallest absolute Gasteiger partial charge is 0.00923 e. The van der Waals surface area contributed by atoms with Crippen LogP contribution in [0.25, 0.3) is 0 Å². The number of hydrogen-bond donors (Lipinski definition) is 0. The van der Waals surface area contributed by atoms with E-state index in [-0.39, 0.29) is 0 Å². The fourth-order valence-corrected chi connectivity index (χ4v) is 3.61. The maximum atomic E-state index is 2.58. The fraction of sp³-hybridized carbons (Fsp3) is 0.905. The van der Waals surface area contributed by atoms with Gasteiger partial charge in [-0.15, -0.1) is 0 Å². The number of nitrogens with zero attached hydrogens (tertiary/aromatic N) is 1. The van der Waals surface area contributed by atoms with Crippen LogP contribution in [0.3, 0.4) is 0 Å². The summed E-state index contributed by atoms with van der Waals surface area (Å²) in [5.41, 5.74) is 0. The zero-order valence-corrected chi connectivity index (χ0v) is 15.5. The Balaban J connectivity index is 1.82. The molecule has 22 heavy (non-hydrogen) atoms. The lowest BCUT2D eigenvalue weighted by Gasteiger charge is -2.32. The monoisotopic (exact) mass is 307 g/mol. The van der Waals surface area contributed by atoms with Crippen LogP contribution in [0.5, 0.6) is 0 Å². The summed E-state index contributed by atoms with van der Waals surface area (Å²) in [6, 6.07) is 0.870. The van der Waals surface area contributed by atoms with Crippen molar-refractivity contribution in [3.63, 3.8) is 0 Å². The molecule has 0 aromatic heterocycles. The maximum Gasteiger partial charge on any atom is 0.00923 e. The van der Waals surface area contributed by atoms with Gasteiger partial charge in [-0.2, -0.15) is 0 Å². The van der Waals surface area contributed by atoms with Gasteiger partial charge in [-0.1, -0.05) is 70.4 Å². The highest BCUT2D eigenvalue weighted by Crippen LogP contribution is 2.19. The topological polar surface area (TPSA) is 3.24 Å². The molecule has 1 nitrogen and oxygen atoms in total. The van der Waals surface area contributed by atoms with Gasteiger partial charge in [0, 0.05) is 6.04 Å². The summed E-state index contributed by atoms with van der Waals surface area (Å²) in [5.74, 6) is 0. The van der Waals surface area contributed by atoms with Crippen molar-refractivity contribution < 1.29 is 0 Å². The molecule has 0 radical (unpaired) electrons. The fourth-order valence-electron chi connectivity index (χ4n) is 3.61. The number of unbranched alkanes of at least 4 members (excludes halogenated alkanes) is 9. The Morgan fingerprint density at radius 3 is 2.14 bits per heavy atom. The number of rotatable bonds is 13. The molecule has 1 saturated heterocycles.